The molecule has 0 spiro atoms. The first-order valence-electron chi connectivity index (χ1n) is 8.05. The molecule has 1 aromatic rings. The van der Waals surface area contributed by atoms with Gasteiger partial charge in [-0.3, -0.25) is 14.6 Å². The highest BCUT2D eigenvalue weighted by Gasteiger charge is 2.66. The van der Waals surface area contributed by atoms with Crippen molar-refractivity contribution in [2.24, 2.45) is 22.7 Å². The summed E-state index contributed by atoms with van der Waals surface area (Å²) in [5, 5.41) is 0. The van der Waals surface area contributed by atoms with Crippen molar-refractivity contribution in [1.82, 2.24) is 0 Å². The molecule has 2 aliphatic heterocycles. The fourth-order valence-electron chi connectivity index (χ4n) is 3.71. The van der Waals surface area contributed by atoms with Gasteiger partial charge in [0.05, 0.1) is 24.6 Å². The van der Waals surface area contributed by atoms with E-state index >= 15 is 0 Å². The van der Waals surface area contributed by atoms with E-state index in [0.717, 1.165) is 0 Å². The Bertz CT molecular complexity index is 715. The van der Waals surface area contributed by atoms with Crippen molar-refractivity contribution in [2.75, 3.05) is 12.0 Å². The largest absolute Gasteiger partial charge is 0.467 e. The van der Waals surface area contributed by atoms with Crippen LogP contribution in [0.2, 0.25) is 0 Å². The molecule has 1 fully saturated rings. The van der Waals surface area contributed by atoms with Gasteiger partial charge in [0.2, 0.25) is 11.8 Å². The van der Waals surface area contributed by atoms with E-state index in [1.807, 2.05) is 19.9 Å². The van der Waals surface area contributed by atoms with Crippen LogP contribution < -0.4 is 4.90 Å². The second-order valence-electron chi connectivity index (χ2n) is 6.26. The third-order valence-corrected chi connectivity index (χ3v) is 5.16. The number of ether oxygens (including phenoxy) is 1. The number of anilines is 1. The second-order valence-corrected chi connectivity index (χ2v) is 6.26. The summed E-state index contributed by atoms with van der Waals surface area (Å²) in [6, 6.07) is 8.75. The Kier molecular flexibility index (Phi) is 3.99. The number of amides is 2. The normalized spacial score (nSPS) is 29.7. The predicted molar refractivity (Wildman–Crippen MR) is 88.6 cm³/mol. The Balaban J connectivity index is 2.08. The van der Waals surface area contributed by atoms with E-state index in [4.69, 9.17) is 4.74 Å². The first-order valence-corrected chi connectivity index (χ1v) is 8.05. The van der Waals surface area contributed by atoms with E-state index in [2.05, 4.69) is 4.99 Å². The zero-order valence-electron chi connectivity index (χ0n) is 13.9. The number of carbonyl (C=O) groups is 3. The highest BCUT2D eigenvalue weighted by Crippen LogP contribution is 2.47. The van der Waals surface area contributed by atoms with Gasteiger partial charge in [-0.2, -0.15) is 0 Å². The third-order valence-electron chi connectivity index (χ3n) is 5.16. The van der Waals surface area contributed by atoms with Crippen LogP contribution in [0.1, 0.15) is 20.3 Å². The van der Waals surface area contributed by atoms with Crippen LogP contribution in [-0.2, 0) is 19.1 Å². The van der Waals surface area contributed by atoms with Crippen LogP contribution in [0.3, 0.4) is 0 Å². The van der Waals surface area contributed by atoms with E-state index in [0.29, 0.717) is 12.1 Å². The fraction of sp³-hybridized carbons (Fsp3) is 0.444. The maximum atomic E-state index is 13.1. The highest BCUT2D eigenvalue weighted by molar-refractivity contribution is 6.28. The van der Waals surface area contributed by atoms with Crippen molar-refractivity contribution >= 4 is 29.7 Å². The molecule has 3 rings (SSSR count). The van der Waals surface area contributed by atoms with E-state index in [9.17, 15) is 14.4 Å². The van der Waals surface area contributed by atoms with Crippen LogP contribution in [0, 0.1) is 17.8 Å². The molecular weight excluding hydrogens is 308 g/mol. The van der Waals surface area contributed by atoms with E-state index in [1.165, 1.54) is 18.2 Å². The number of methoxy groups -OCH3 is 1. The number of aliphatic imine (C=N–C) groups is 1. The number of carbonyl (C=O) groups excluding carboxylic acids is 3. The summed E-state index contributed by atoms with van der Waals surface area (Å²) in [6.07, 6.45) is 2.10. The summed E-state index contributed by atoms with van der Waals surface area (Å²) in [7, 11) is 1.28. The first kappa shape index (κ1) is 16.4. The second kappa shape index (κ2) is 5.85. The maximum absolute atomic E-state index is 13.1. The number of benzene rings is 1. The van der Waals surface area contributed by atoms with Gasteiger partial charge in [-0.1, -0.05) is 38.5 Å². The molecule has 2 aliphatic rings. The fourth-order valence-corrected chi connectivity index (χ4v) is 3.71. The third kappa shape index (κ3) is 2.02. The maximum Gasteiger partial charge on any atom is 0.334 e. The Labute approximate surface area is 140 Å². The summed E-state index contributed by atoms with van der Waals surface area (Å²) in [4.78, 5) is 43.9. The molecular formula is C18H20N2O4. The standard InChI is InChI=1S/C18H20N2O4/c1-4-11(2)18(17(23)24-3)14-13(10-19-18)15(21)20(16(14)22)12-8-6-5-7-9-12/h5-11,13-14H,4H2,1-3H3/t11-,13-,14+,18+/m0/s1. The minimum Gasteiger partial charge on any atom is -0.467 e. The number of para-hydroxylation sites is 1. The molecule has 0 unspecified atom stereocenters. The quantitative estimate of drug-likeness (QED) is 0.624. The minimum absolute atomic E-state index is 0.219. The molecule has 2 amide bonds. The van der Waals surface area contributed by atoms with Crippen LogP contribution >= 0.6 is 0 Å². The Morgan fingerprint density at radius 1 is 1.29 bits per heavy atom. The van der Waals surface area contributed by atoms with Gasteiger partial charge in [0.1, 0.15) is 0 Å². The van der Waals surface area contributed by atoms with Gasteiger partial charge in [-0.05, 0) is 18.1 Å². The number of nitrogens with zero attached hydrogens (tertiary/aromatic N) is 2. The van der Waals surface area contributed by atoms with E-state index in [-0.39, 0.29) is 17.7 Å². The molecule has 0 aromatic heterocycles. The smallest absolute Gasteiger partial charge is 0.334 e. The van der Waals surface area contributed by atoms with Gasteiger partial charge in [-0.15, -0.1) is 0 Å². The molecule has 0 N–H and O–H groups in total. The van der Waals surface area contributed by atoms with Crippen molar-refractivity contribution in [2.45, 2.75) is 25.8 Å². The number of imide groups is 1. The van der Waals surface area contributed by atoms with Gasteiger partial charge in [0, 0.05) is 6.21 Å². The average molecular weight is 328 g/mol. The molecule has 1 saturated heterocycles. The molecule has 2 heterocycles. The van der Waals surface area contributed by atoms with Gasteiger partial charge >= 0.3 is 5.97 Å². The van der Waals surface area contributed by atoms with Gasteiger partial charge in [-0.25, -0.2) is 9.69 Å². The van der Waals surface area contributed by atoms with Crippen molar-refractivity contribution < 1.29 is 19.1 Å². The Hall–Kier alpha value is -2.50. The Morgan fingerprint density at radius 3 is 2.54 bits per heavy atom. The lowest BCUT2D eigenvalue weighted by Crippen LogP contribution is -2.52. The van der Waals surface area contributed by atoms with Crippen LogP contribution in [-0.4, -0.2) is 36.6 Å². The Morgan fingerprint density at radius 2 is 1.96 bits per heavy atom. The monoisotopic (exact) mass is 328 g/mol. The number of esters is 1. The molecule has 6 nitrogen and oxygen atoms in total. The molecule has 126 valence electrons. The van der Waals surface area contributed by atoms with Crippen molar-refractivity contribution in [1.29, 1.82) is 0 Å². The number of rotatable bonds is 4. The van der Waals surface area contributed by atoms with Gasteiger partial charge in [0.15, 0.2) is 5.54 Å². The van der Waals surface area contributed by atoms with Crippen molar-refractivity contribution in [3.8, 4) is 0 Å². The SMILES string of the molecule is CC[C@H](C)[C@@]1(C(=O)OC)N=C[C@@H]2C(=O)N(c3ccccc3)C(=O)[C@@H]21. The lowest BCUT2D eigenvalue weighted by molar-refractivity contribution is -0.153. The van der Waals surface area contributed by atoms with Crippen molar-refractivity contribution in [3.63, 3.8) is 0 Å². The molecule has 0 radical (unpaired) electrons. The molecule has 6 heteroatoms. The number of hydrogen-bond acceptors (Lipinski definition) is 5. The lowest BCUT2D eigenvalue weighted by atomic mass is 9.72. The first-order chi connectivity index (χ1) is 11.5. The zero-order chi connectivity index (χ0) is 17.5. The van der Waals surface area contributed by atoms with Crippen molar-refractivity contribution in [3.05, 3.63) is 30.3 Å². The topological polar surface area (TPSA) is 76.0 Å². The molecule has 0 saturated carbocycles. The highest BCUT2D eigenvalue weighted by atomic mass is 16.5. The number of hydrogen-bond donors (Lipinski definition) is 0. The average Bonchev–Trinajstić information content (AvgIpc) is 3.12. The number of fused-ring (bicyclic) bond motifs is 1. The summed E-state index contributed by atoms with van der Waals surface area (Å²) in [5.74, 6) is -3.06. The van der Waals surface area contributed by atoms with Crippen LogP contribution in [0.25, 0.3) is 0 Å². The molecule has 0 aliphatic carbocycles. The van der Waals surface area contributed by atoms with Crippen LogP contribution in [0.15, 0.2) is 35.3 Å². The summed E-state index contributed by atoms with van der Waals surface area (Å²) in [6.45, 7) is 3.79. The van der Waals surface area contributed by atoms with E-state index < -0.39 is 23.3 Å². The van der Waals surface area contributed by atoms with Gasteiger partial charge in [0.25, 0.3) is 0 Å². The summed E-state index contributed by atoms with van der Waals surface area (Å²) in [5.41, 5.74) is -0.817. The predicted octanol–water partition coefficient (Wildman–Crippen LogP) is 1.83. The molecule has 1 aromatic carbocycles. The summed E-state index contributed by atoms with van der Waals surface area (Å²) < 4.78 is 4.96. The van der Waals surface area contributed by atoms with Gasteiger partial charge < -0.3 is 4.74 Å². The van der Waals surface area contributed by atoms with E-state index in [1.54, 1.807) is 24.3 Å². The molecule has 4 atom stereocenters. The lowest BCUT2D eigenvalue weighted by Gasteiger charge is -2.34. The van der Waals surface area contributed by atoms with Crippen LogP contribution in [0.4, 0.5) is 5.69 Å². The summed E-state index contributed by atoms with van der Waals surface area (Å²) >= 11 is 0. The minimum atomic E-state index is -1.33. The van der Waals surface area contributed by atoms with Crippen LogP contribution in [0.5, 0.6) is 0 Å². The zero-order valence-corrected chi connectivity index (χ0v) is 13.9. The molecule has 0 bridgehead atoms. The molecule has 24 heavy (non-hydrogen) atoms.